The van der Waals surface area contributed by atoms with Gasteiger partial charge in [-0.05, 0) is 25.1 Å². The first-order valence-electron chi connectivity index (χ1n) is 5.38. The lowest BCUT2D eigenvalue weighted by Crippen LogP contribution is -2.02. The van der Waals surface area contributed by atoms with Gasteiger partial charge in [-0.2, -0.15) is 0 Å². The average molecular weight is 284 g/mol. The second-order valence-corrected chi connectivity index (χ2v) is 5.14. The minimum absolute atomic E-state index is 0.0695. The van der Waals surface area contributed by atoms with E-state index in [-0.39, 0.29) is 22.8 Å². The van der Waals surface area contributed by atoms with Gasteiger partial charge in [-0.15, -0.1) is 11.3 Å². The van der Waals surface area contributed by atoms with Gasteiger partial charge in [-0.3, -0.25) is 0 Å². The van der Waals surface area contributed by atoms with Crippen molar-refractivity contribution in [3.8, 4) is 5.75 Å². The van der Waals surface area contributed by atoms with E-state index in [1.54, 1.807) is 13.0 Å². The minimum Gasteiger partial charge on any atom is -0.487 e. The maximum absolute atomic E-state index is 13.4. The Morgan fingerprint density at radius 1 is 1.37 bits per heavy atom. The third-order valence-corrected chi connectivity index (χ3v) is 3.43. The highest BCUT2D eigenvalue weighted by Gasteiger charge is 2.16. The zero-order chi connectivity index (χ0) is 14.0. The smallest absolute Gasteiger partial charge is 0.349 e. The summed E-state index contributed by atoms with van der Waals surface area (Å²) < 4.78 is 31.4. The third-order valence-electron chi connectivity index (χ3n) is 2.41. The summed E-state index contributed by atoms with van der Waals surface area (Å²) in [6, 6.07) is 4.73. The molecule has 1 N–H and O–H groups in total. The van der Waals surface area contributed by atoms with Crippen LogP contribution in [0.15, 0.2) is 24.3 Å². The molecular weight excluding hydrogens is 274 g/mol. The van der Waals surface area contributed by atoms with E-state index in [2.05, 4.69) is 0 Å². The van der Waals surface area contributed by atoms with Crippen molar-refractivity contribution in [2.45, 2.75) is 13.5 Å². The van der Waals surface area contributed by atoms with Gasteiger partial charge in [0.25, 0.3) is 0 Å². The quantitative estimate of drug-likeness (QED) is 0.933. The highest BCUT2D eigenvalue weighted by molar-refractivity contribution is 7.14. The molecule has 1 aromatic heterocycles. The molecule has 0 unspecified atom stereocenters. The molecule has 0 radical (unpaired) electrons. The molecule has 0 amide bonds. The molecule has 100 valence electrons. The van der Waals surface area contributed by atoms with Crippen molar-refractivity contribution in [2.24, 2.45) is 0 Å². The van der Waals surface area contributed by atoms with Crippen molar-refractivity contribution < 1.29 is 23.4 Å². The maximum atomic E-state index is 13.4. The molecule has 1 heterocycles. The van der Waals surface area contributed by atoms with Gasteiger partial charge >= 0.3 is 5.97 Å². The molecule has 0 aliphatic carbocycles. The lowest BCUT2D eigenvalue weighted by molar-refractivity contribution is 0.0697. The molecule has 6 heteroatoms. The number of ether oxygens (including phenoxy) is 1. The largest absolute Gasteiger partial charge is 0.487 e. The molecule has 0 spiro atoms. The number of aromatic carboxylic acids is 1. The van der Waals surface area contributed by atoms with E-state index in [1.165, 1.54) is 6.07 Å². The van der Waals surface area contributed by atoms with Crippen LogP contribution in [0.1, 0.15) is 20.1 Å². The fourth-order valence-corrected chi connectivity index (χ4v) is 2.34. The van der Waals surface area contributed by atoms with Crippen molar-refractivity contribution >= 4 is 17.3 Å². The molecule has 0 aliphatic rings. The Morgan fingerprint density at radius 3 is 2.74 bits per heavy atom. The van der Waals surface area contributed by atoms with Crippen molar-refractivity contribution in [2.75, 3.05) is 0 Å². The lowest BCUT2D eigenvalue weighted by Gasteiger charge is -2.06. The summed E-state index contributed by atoms with van der Waals surface area (Å²) in [5, 5.41) is 8.97. The van der Waals surface area contributed by atoms with Crippen LogP contribution in [0.5, 0.6) is 5.75 Å². The monoisotopic (exact) mass is 284 g/mol. The van der Waals surface area contributed by atoms with E-state index >= 15 is 0 Å². The predicted molar refractivity (Wildman–Crippen MR) is 66.7 cm³/mol. The van der Waals surface area contributed by atoms with Crippen LogP contribution < -0.4 is 4.74 Å². The Bertz CT molecular complexity index is 622. The SMILES string of the molecule is Cc1cc(OCc2ccc(F)cc2F)c(C(=O)O)s1. The van der Waals surface area contributed by atoms with Crippen molar-refractivity contribution in [1.82, 2.24) is 0 Å². The molecule has 0 atom stereocenters. The van der Waals surface area contributed by atoms with Gasteiger partial charge < -0.3 is 9.84 Å². The number of carboxylic acid groups (broad SMARTS) is 1. The summed E-state index contributed by atoms with van der Waals surface area (Å²) >= 11 is 1.09. The van der Waals surface area contributed by atoms with Gasteiger partial charge in [0.15, 0.2) is 4.88 Å². The summed E-state index contributed by atoms with van der Waals surface area (Å²) in [7, 11) is 0. The second kappa shape index (κ2) is 5.36. The zero-order valence-corrected chi connectivity index (χ0v) is 10.8. The van der Waals surface area contributed by atoms with Crippen LogP contribution in [-0.4, -0.2) is 11.1 Å². The van der Waals surface area contributed by atoms with Gasteiger partial charge in [-0.1, -0.05) is 0 Å². The van der Waals surface area contributed by atoms with Crippen molar-refractivity contribution in [1.29, 1.82) is 0 Å². The molecule has 0 saturated heterocycles. The van der Waals surface area contributed by atoms with Crippen LogP contribution >= 0.6 is 11.3 Å². The molecule has 0 aliphatic heterocycles. The molecule has 19 heavy (non-hydrogen) atoms. The summed E-state index contributed by atoms with van der Waals surface area (Å²) in [6.45, 7) is 1.60. The van der Waals surface area contributed by atoms with Crippen molar-refractivity contribution in [3.05, 3.63) is 51.2 Å². The van der Waals surface area contributed by atoms with E-state index in [0.717, 1.165) is 28.3 Å². The molecule has 0 fully saturated rings. The fraction of sp³-hybridized carbons (Fsp3) is 0.154. The molecule has 1 aromatic carbocycles. The number of aryl methyl sites for hydroxylation is 1. The zero-order valence-electron chi connectivity index (χ0n) is 9.94. The van der Waals surface area contributed by atoms with Gasteiger partial charge in [0.05, 0.1) is 0 Å². The Balaban J connectivity index is 2.16. The van der Waals surface area contributed by atoms with Crippen LogP contribution in [0, 0.1) is 18.6 Å². The van der Waals surface area contributed by atoms with Crippen LogP contribution in [0.3, 0.4) is 0 Å². The molecule has 2 rings (SSSR count). The first-order chi connectivity index (χ1) is 8.97. The Hall–Kier alpha value is -1.95. The van der Waals surface area contributed by atoms with E-state index in [1.807, 2.05) is 0 Å². The van der Waals surface area contributed by atoms with Crippen LogP contribution in [0.25, 0.3) is 0 Å². The van der Waals surface area contributed by atoms with Crippen LogP contribution in [0.4, 0.5) is 8.78 Å². The number of halogens is 2. The number of hydrogen-bond acceptors (Lipinski definition) is 3. The number of hydrogen-bond donors (Lipinski definition) is 1. The van der Waals surface area contributed by atoms with E-state index < -0.39 is 17.6 Å². The number of carbonyl (C=O) groups is 1. The fourth-order valence-electron chi connectivity index (χ4n) is 1.54. The standard InChI is InChI=1S/C13H10F2O3S/c1-7-4-11(12(19-7)13(16)17)18-6-8-2-3-9(14)5-10(8)15/h2-5H,6H2,1H3,(H,16,17). The van der Waals surface area contributed by atoms with E-state index in [4.69, 9.17) is 9.84 Å². The van der Waals surface area contributed by atoms with Gasteiger partial charge in [0.1, 0.15) is 24.0 Å². The normalized spacial score (nSPS) is 10.5. The summed E-state index contributed by atoms with van der Waals surface area (Å²) in [5.74, 6) is -2.28. The minimum atomic E-state index is -1.09. The van der Waals surface area contributed by atoms with Gasteiger partial charge in [-0.25, -0.2) is 13.6 Å². The molecule has 3 nitrogen and oxygen atoms in total. The Kier molecular flexibility index (Phi) is 3.80. The second-order valence-electron chi connectivity index (χ2n) is 3.88. The Morgan fingerprint density at radius 2 is 2.11 bits per heavy atom. The molecule has 0 bridgehead atoms. The maximum Gasteiger partial charge on any atom is 0.349 e. The van der Waals surface area contributed by atoms with Gasteiger partial charge in [0, 0.05) is 16.5 Å². The number of benzene rings is 1. The summed E-state index contributed by atoms with van der Waals surface area (Å²) in [4.78, 5) is 11.8. The summed E-state index contributed by atoms with van der Waals surface area (Å²) in [5.41, 5.74) is 0.168. The van der Waals surface area contributed by atoms with Gasteiger partial charge in [0.2, 0.25) is 0 Å². The van der Waals surface area contributed by atoms with Crippen LogP contribution in [-0.2, 0) is 6.61 Å². The highest BCUT2D eigenvalue weighted by Crippen LogP contribution is 2.29. The summed E-state index contributed by atoms with van der Waals surface area (Å²) in [6.07, 6.45) is 0. The molecular formula is C13H10F2O3S. The van der Waals surface area contributed by atoms with Crippen LogP contribution in [0.2, 0.25) is 0 Å². The predicted octanol–water partition coefficient (Wildman–Crippen LogP) is 3.61. The average Bonchev–Trinajstić information content (AvgIpc) is 2.69. The number of rotatable bonds is 4. The van der Waals surface area contributed by atoms with Crippen molar-refractivity contribution in [3.63, 3.8) is 0 Å². The first kappa shape index (κ1) is 13.5. The number of thiophene rings is 1. The van der Waals surface area contributed by atoms with E-state index in [0.29, 0.717) is 0 Å². The molecule has 2 aromatic rings. The molecule has 0 saturated carbocycles. The third kappa shape index (κ3) is 3.08. The topological polar surface area (TPSA) is 46.5 Å². The van der Waals surface area contributed by atoms with E-state index in [9.17, 15) is 13.6 Å². The first-order valence-corrected chi connectivity index (χ1v) is 6.19. The highest BCUT2D eigenvalue weighted by atomic mass is 32.1. The lowest BCUT2D eigenvalue weighted by atomic mass is 10.2. The number of carboxylic acids is 1. The Labute approximate surface area is 112 Å².